The molecule has 0 bridgehead atoms. The van der Waals surface area contributed by atoms with Crippen molar-refractivity contribution < 1.29 is 0 Å². The lowest BCUT2D eigenvalue weighted by molar-refractivity contribution is 0.638. The minimum Gasteiger partial charge on any atom is -0.369 e. The molecular weight excluding hydrogens is 236 g/mol. The third-order valence-electron chi connectivity index (χ3n) is 3.98. The van der Waals surface area contributed by atoms with Crippen molar-refractivity contribution in [3.05, 3.63) is 17.7 Å². The van der Waals surface area contributed by atoms with E-state index in [0.717, 1.165) is 18.1 Å². The normalized spacial score (nSPS) is 16.3. The Kier molecular flexibility index (Phi) is 4.75. The zero-order valence-corrected chi connectivity index (χ0v) is 12.6. The van der Waals surface area contributed by atoms with Crippen molar-refractivity contribution in [2.24, 2.45) is 0 Å². The summed E-state index contributed by atoms with van der Waals surface area (Å²) < 4.78 is 0. The van der Waals surface area contributed by atoms with E-state index in [9.17, 15) is 0 Å². The van der Waals surface area contributed by atoms with Crippen LogP contribution < -0.4 is 10.2 Å². The second-order valence-electron chi connectivity index (χ2n) is 5.79. The summed E-state index contributed by atoms with van der Waals surface area (Å²) in [5, 5.41) is 3.22. The third-order valence-corrected chi connectivity index (χ3v) is 3.98. The van der Waals surface area contributed by atoms with E-state index < -0.39 is 0 Å². The fraction of sp³-hybridized carbons (Fsp3) is 0.733. The highest BCUT2D eigenvalue weighted by atomic mass is 15.2. The molecule has 4 heteroatoms. The molecule has 0 saturated heterocycles. The Morgan fingerprint density at radius 2 is 2.05 bits per heavy atom. The molecule has 1 saturated carbocycles. The number of rotatable bonds is 5. The summed E-state index contributed by atoms with van der Waals surface area (Å²) in [7, 11) is 4.15. The van der Waals surface area contributed by atoms with Gasteiger partial charge in [0.25, 0.3) is 0 Å². The topological polar surface area (TPSA) is 41.1 Å². The van der Waals surface area contributed by atoms with E-state index in [1.54, 1.807) is 0 Å². The maximum absolute atomic E-state index is 4.74. The molecule has 1 heterocycles. The van der Waals surface area contributed by atoms with Gasteiger partial charge in [-0.05, 0) is 19.9 Å². The second kappa shape index (κ2) is 6.33. The Labute approximate surface area is 116 Å². The average molecular weight is 262 g/mol. The Balaban J connectivity index is 2.27. The lowest BCUT2D eigenvalue weighted by atomic mass is 10.1. The summed E-state index contributed by atoms with van der Waals surface area (Å²) in [5.41, 5.74) is 2.31. The van der Waals surface area contributed by atoms with E-state index in [-0.39, 0.29) is 0 Å². The van der Waals surface area contributed by atoms with Crippen molar-refractivity contribution >= 4 is 5.69 Å². The third kappa shape index (κ3) is 3.24. The zero-order valence-electron chi connectivity index (χ0n) is 12.6. The molecule has 1 aromatic heterocycles. The van der Waals surface area contributed by atoms with Gasteiger partial charge in [0.2, 0.25) is 0 Å². The first-order valence-corrected chi connectivity index (χ1v) is 7.36. The summed E-state index contributed by atoms with van der Waals surface area (Å²) in [6, 6.07) is 0.657. The van der Waals surface area contributed by atoms with Crippen LogP contribution in [-0.2, 0) is 6.54 Å². The van der Waals surface area contributed by atoms with Crippen molar-refractivity contribution in [2.75, 3.05) is 19.0 Å². The van der Waals surface area contributed by atoms with Crippen molar-refractivity contribution in [1.82, 2.24) is 15.3 Å². The summed E-state index contributed by atoms with van der Waals surface area (Å²) in [4.78, 5) is 11.7. The molecule has 0 amide bonds. The smallest absolute Gasteiger partial charge is 0.131 e. The Morgan fingerprint density at radius 3 is 2.63 bits per heavy atom. The van der Waals surface area contributed by atoms with Crippen LogP contribution in [-0.4, -0.2) is 30.1 Å². The zero-order chi connectivity index (χ0) is 13.8. The maximum atomic E-state index is 4.74. The molecule has 1 N–H and O–H groups in total. The quantitative estimate of drug-likeness (QED) is 0.886. The predicted molar refractivity (Wildman–Crippen MR) is 79.5 cm³/mol. The fourth-order valence-corrected chi connectivity index (χ4v) is 2.78. The first-order chi connectivity index (χ1) is 9.13. The van der Waals surface area contributed by atoms with Gasteiger partial charge in [-0.2, -0.15) is 0 Å². The van der Waals surface area contributed by atoms with Gasteiger partial charge in [-0.25, -0.2) is 9.97 Å². The van der Waals surface area contributed by atoms with Crippen molar-refractivity contribution in [1.29, 1.82) is 0 Å². The SMILES string of the molecule is CNCc1nc(C(C)C)ncc1N(C)C1CCCC1. The molecule has 2 rings (SSSR count). The number of hydrogen-bond acceptors (Lipinski definition) is 4. The highest BCUT2D eigenvalue weighted by Crippen LogP contribution is 2.28. The highest BCUT2D eigenvalue weighted by molar-refractivity contribution is 5.49. The number of aromatic nitrogens is 2. The van der Waals surface area contributed by atoms with Crippen LogP contribution in [0.3, 0.4) is 0 Å². The first kappa shape index (κ1) is 14.3. The number of nitrogens with one attached hydrogen (secondary N) is 1. The van der Waals surface area contributed by atoms with Gasteiger partial charge in [-0.3, -0.25) is 0 Å². The largest absolute Gasteiger partial charge is 0.369 e. The van der Waals surface area contributed by atoms with E-state index in [1.165, 1.54) is 31.4 Å². The molecule has 0 aromatic carbocycles. The molecule has 0 spiro atoms. The molecule has 19 heavy (non-hydrogen) atoms. The van der Waals surface area contributed by atoms with E-state index in [1.807, 2.05) is 13.2 Å². The standard InChI is InChI=1S/C15H26N4/c1-11(2)15-17-10-14(13(18-15)9-16-3)19(4)12-7-5-6-8-12/h10-12,16H,5-9H2,1-4H3. The molecule has 0 unspecified atom stereocenters. The first-order valence-electron chi connectivity index (χ1n) is 7.36. The molecule has 4 nitrogen and oxygen atoms in total. The van der Waals surface area contributed by atoms with Gasteiger partial charge in [0.15, 0.2) is 0 Å². The van der Waals surface area contributed by atoms with Crippen LogP contribution in [0.2, 0.25) is 0 Å². The molecule has 1 aromatic rings. The number of nitrogens with zero attached hydrogens (tertiary/aromatic N) is 3. The van der Waals surface area contributed by atoms with E-state index in [4.69, 9.17) is 4.98 Å². The van der Waals surface area contributed by atoms with Crippen LogP contribution in [0, 0.1) is 0 Å². The average Bonchev–Trinajstić information content (AvgIpc) is 2.92. The summed E-state index contributed by atoms with van der Waals surface area (Å²) >= 11 is 0. The van der Waals surface area contributed by atoms with Crippen LogP contribution in [0.25, 0.3) is 0 Å². The van der Waals surface area contributed by atoms with Crippen LogP contribution in [0.4, 0.5) is 5.69 Å². The molecule has 1 aliphatic rings. The van der Waals surface area contributed by atoms with Crippen molar-refractivity contribution in [3.8, 4) is 0 Å². The minimum atomic E-state index is 0.376. The summed E-state index contributed by atoms with van der Waals surface area (Å²) in [6.45, 7) is 5.08. The lowest BCUT2D eigenvalue weighted by Crippen LogP contribution is -2.31. The fourth-order valence-electron chi connectivity index (χ4n) is 2.78. The molecule has 0 radical (unpaired) electrons. The highest BCUT2D eigenvalue weighted by Gasteiger charge is 2.22. The second-order valence-corrected chi connectivity index (χ2v) is 5.79. The van der Waals surface area contributed by atoms with E-state index in [2.05, 4.69) is 36.1 Å². The number of anilines is 1. The minimum absolute atomic E-state index is 0.376. The summed E-state index contributed by atoms with van der Waals surface area (Å²) in [5.74, 6) is 1.32. The molecule has 0 atom stereocenters. The van der Waals surface area contributed by atoms with E-state index in [0.29, 0.717) is 12.0 Å². The van der Waals surface area contributed by atoms with Gasteiger partial charge in [-0.1, -0.05) is 26.7 Å². The van der Waals surface area contributed by atoms with Crippen LogP contribution >= 0.6 is 0 Å². The van der Waals surface area contributed by atoms with Gasteiger partial charge in [-0.15, -0.1) is 0 Å². The van der Waals surface area contributed by atoms with E-state index >= 15 is 0 Å². The van der Waals surface area contributed by atoms with Crippen molar-refractivity contribution in [3.63, 3.8) is 0 Å². The molecule has 0 aliphatic heterocycles. The Morgan fingerprint density at radius 1 is 1.37 bits per heavy atom. The van der Waals surface area contributed by atoms with Gasteiger partial charge < -0.3 is 10.2 Å². The Hall–Kier alpha value is -1.16. The van der Waals surface area contributed by atoms with Gasteiger partial charge in [0.1, 0.15) is 5.82 Å². The van der Waals surface area contributed by atoms with Gasteiger partial charge in [0.05, 0.1) is 17.6 Å². The maximum Gasteiger partial charge on any atom is 0.131 e. The predicted octanol–water partition coefficient (Wildman–Crippen LogP) is 2.70. The molecular formula is C15H26N4. The summed E-state index contributed by atoms with van der Waals surface area (Å²) in [6.07, 6.45) is 7.29. The van der Waals surface area contributed by atoms with Gasteiger partial charge in [0, 0.05) is 25.6 Å². The molecule has 106 valence electrons. The van der Waals surface area contributed by atoms with Crippen molar-refractivity contribution in [2.45, 2.75) is 58.0 Å². The Bertz CT molecular complexity index is 411. The molecule has 1 aliphatic carbocycles. The van der Waals surface area contributed by atoms with Crippen LogP contribution in [0.5, 0.6) is 0 Å². The van der Waals surface area contributed by atoms with Gasteiger partial charge >= 0.3 is 0 Å². The monoisotopic (exact) mass is 262 g/mol. The van der Waals surface area contributed by atoms with Crippen LogP contribution in [0.1, 0.15) is 57.0 Å². The molecule has 1 fully saturated rings. The van der Waals surface area contributed by atoms with Crippen LogP contribution in [0.15, 0.2) is 6.20 Å². The number of hydrogen-bond donors (Lipinski definition) is 1. The lowest BCUT2D eigenvalue weighted by Gasteiger charge is -2.28.